The zero-order valence-electron chi connectivity index (χ0n) is 11.1. The van der Waals surface area contributed by atoms with Gasteiger partial charge in [0.05, 0.1) is 5.92 Å². The Balaban J connectivity index is 1.79. The highest BCUT2D eigenvalue weighted by molar-refractivity contribution is 6.01. The molecule has 110 valence electrons. The van der Waals surface area contributed by atoms with Gasteiger partial charge in [0.15, 0.2) is 0 Å². The molecular weight excluding hydrogens is 266 g/mol. The van der Waals surface area contributed by atoms with Crippen molar-refractivity contribution >= 4 is 23.8 Å². The molecule has 20 heavy (non-hydrogen) atoms. The second-order valence-corrected chi connectivity index (χ2v) is 5.25. The van der Waals surface area contributed by atoms with Crippen molar-refractivity contribution in [2.75, 3.05) is 13.1 Å². The lowest BCUT2D eigenvalue weighted by molar-refractivity contribution is -0.144. The summed E-state index contributed by atoms with van der Waals surface area (Å²) in [6.45, 7) is 2.35. The quantitative estimate of drug-likeness (QED) is 0.584. The van der Waals surface area contributed by atoms with E-state index in [1.807, 2.05) is 0 Å². The van der Waals surface area contributed by atoms with E-state index in [-0.39, 0.29) is 18.2 Å². The standard InChI is InChI=1S/C12H17N3O5/c1-6(11(18)19)7-4-15(5-7)12(20)13-8-2-3-9(16)14-10(8)17/h6-8H,2-5H2,1H3,(H,13,20)(H,18,19)(H,14,16,17). The van der Waals surface area contributed by atoms with Gasteiger partial charge in [0.2, 0.25) is 11.8 Å². The number of carbonyl (C=O) groups excluding carboxylic acids is 3. The lowest BCUT2D eigenvalue weighted by Crippen LogP contribution is -2.60. The molecule has 0 aliphatic carbocycles. The van der Waals surface area contributed by atoms with Gasteiger partial charge in [0.1, 0.15) is 6.04 Å². The fourth-order valence-electron chi connectivity index (χ4n) is 2.27. The Kier molecular flexibility index (Phi) is 3.91. The Bertz CT molecular complexity index is 458. The second-order valence-electron chi connectivity index (χ2n) is 5.25. The fraction of sp³-hybridized carbons (Fsp3) is 0.667. The highest BCUT2D eigenvalue weighted by Gasteiger charge is 2.38. The minimum absolute atomic E-state index is 0.0555. The molecule has 0 bridgehead atoms. The topological polar surface area (TPSA) is 116 Å². The fourth-order valence-corrected chi connectivity index (χ4v) is 2.27. The number of aliphatic carboxylic acids is 1. The van der Waals surface area contributed by atoms with Gasteiger partial charge >= 0.3 is 12.0 Å². The number of urea groups is 1. The van der Waals surface area contributed by atoms with Crippen LogP contribution in [0.3, 0.4) is 0 Å². The van der Waals surface area contributed by atoms with E-state index in [0.29, 0.717) is 19.5 Å². The third-order valence-electron chi connectivity index (χ3n) is 3.83. The van der Waals surface area contributed by atoms with Crippen LogP contribution in [0.2, 0.25) is 0 Å². The first-order chi connectivity index (χ1) is 9.38. The van der Waals surface area contributed by atoms with Gasteiger partial charge in [-0.05, 0) is 6.42 Å². The Labute approximate surface area is 115 Å². The maximum Gasteiger partial charge on any atom is 0.318 e. The van der Waals surface area contributed by atoms with Crippen molar-refractivity contribution in [1.29, 1.82) is 0 Å². The maximum absolute atomic E-state index is 11.9. The van der Waals surface area contributed by atoms with Crippen LogP contribution < -0.4 is 10.6 Å². The molecule has 0 saturated carbocycles. The first kappa shape index (κ1) is 14.3. The minimum atomic E-state index is -0.875. The first-order valence-electron chi connectivity index (χ1n) is 6.50. The molecule has 4 amide bonds. The normalized spacial score (nSPS) is 24.6. The number of rotatable bonds is 3. The molecule has 2 heterocycles. The van der Waals surface area contributed by atoms with E-state index in [2.05, 4.69) is 10.6 Å². The molecule has 0 aromatic heterocycles. The van der Waals surface area contributed by atoms with Crippen LogP contribution in [0.25, 0.3) is 0 Å². The molecule has 2 saturated heterocycles. The first-order valence-corrected chi connectivity index (χ1v) is 6.50. The molecule has 8 heteroatoms. The van der Waals surface area contributed by atoms with Gasteiger partial charge < -0.3 is 15.3 Å². The Morgan fingerprint density at radius 2 is 2.05 bits per heavy atom. The van der Waals surface area contributed by atoms with Gasteiger partial charge in [-0.1, -0.05) is 6.92 Å². The molecule has 2 aliphatic rings. The second kappa shape index (κ2) is 5.48. The summed E-state index contributed by atoms with van der Waals surface area (Å²) >= 11 is 0. The lowest BCUT2D eigenvalue weighted by atomic mass is 9.87. The van der Waals surface area contributed by atoms with Crippen molar-refractivity contribution in [2.24, 2.45) is 11.8 Å². The largest absolute Gasteiger partial charge is 0.481 e. The molecule has 2 fully saturated rings. The number of carbonyl (C=O) groups is 4. The maximum atomic E-state index is 11.9. The average Bonchev–Trinajstić information content (AvgIpc) is 2.30. The van der Waals surface area contributed by atoms with Crippen molar-refractivity contribution in [2.45, 2.75) is 25.8 Å². The summed E-state index contributed by atoms with van der Waals surface area (Å²) in [5.74, 6) is -2.25. The number of amides is 4. The van der Waals surface area contributed by atoms with Crippen molar-refractivity contribution in [3.05, 3.63) is 0 Å². The van der Waals surface area contributed by atoms with Crippen LogP contribution >= 0.6 is 0 Å². The van der Waals surface area contributed by atoms with Crippen LogP contribution in [-0.2, 0) is 14.4 Å². The van der Waals surface area contributed by atoms with E-state index < -0.39 is 29.9 Å². The number of carboxylic acids is 1. The van der Waals surface area contributed by atoms with Crippen LogP contribution in [0, 0.1) is 11.8 Å². The van der Waals surface area contributed by atoms with Crippen LogP contribution in [0.15, 0.2) is 0 Å². The SMILES string of the molecule is CC(C(=O)O)C1CN(C(=O)NC2CCC(=O)NC2=O)C1. The van der Waals surface area contributed by atoms with Crippen LogP contribution in [0.1, 0.15) is 19.8 Å². The van der Waals surface area contributed by atoms with Crippen molar-refractivity contribution in [1.82, 2.24) is 15.5 Å². The molecule has 0 radical (unpaired) electrons. The van der Waals surface area contributed by atoms with Gasteiger partial charge in [0, 0.05) is 25.4 Å². The summed E-state index contributed by atoms with van der Waals surface area (Å²) in [4.78, 5) is 46.6. The molecule has 0 aromatic rings. The van der Waals surface area contributed by atoms with E-state index in [4.69, 9.17) is 5.11 Å². The molecule has 0 aromatic carbocycles. The number of nitrogens with one attached hydrogen (secondary N) is 2. The third kappa shape index (κ3) is 2.89. The minimum Gasteiger partial charge on any atom is -0.481 e. The van der Waals surface area contributed by atoms with Gasteiger partial charge in [0.25, 0.3) is 0 Å². The molecular formula is C12H17N3O5. The average molecular weight is 283 g/mol. The molecule has 3 N–H and O–H groups in total. The third-order valence-corrected chi connectivity index (χ3v) is 3.83. The number of piperidine rings is 1. The Morgan fingerprint density at radius 1 is 1.40 bits per heavy atom. The summed E-state index contributed by atoms with van der Waals surface area (Å²) < 4.78 is 0. The Hall–Kier alpha value is -2.12. The zero-order chi connectivity index (χ0) is 14.9. The smallest absolute Gasteiger partial charge is 0.318 e. The van der Waals surface area contributed by atoms with Crippen LogP contribution in [0.5, 0.6) is 0 Å². The van der Waals surface area contributed by atoms with E-state index in [0.717, 1.165) is 0 Å². The molecule has 2 atom stereocenters. The summed E-state index contributed by atoms with van der Waals surface area (Å²) in [6.07, 6.45) is 0.495. The predicted molar refractivity (Wildman–Crippen MR) is 66.6 cm³/mol. The number of carboxylic acid groups (broad SMARTS) is 1. The number of likely N-dealkylation sites (tertiary alicyclic amines) is 1. The molecule has 8 nitrogen and oxygen atoms in total. The number of imide groups is 1. The van der Waals surface area contributed by atoms with E-state index in [1.54, 1.807) is 6.92 Å². The zero-order valence-corrected chi connectivity index (χ0v) is 11.1. The van der Waals surface area contributed by atoms with Crippen molar-refractivity contribution in [3.8, 4) is 0 Å². The van der Waals surface area contributed by atoms with E-state index in [1.165, 1.54) is 4.90 Å². The molecule has 2 unspecified atom stereocenters. The number of hydrogen-bond donors (Lipinski definition) is 3. The van der Waals surface area contributed by atoms with Gasteiger partial charge in [-0.3, -0.25) is 19.7 Å². The van der Waals surface area contributed by atoms with Crippen LogP contribution in [-0.4, -0.2) is 53.0 Å². The highest BCUT2D eigenvalue weighted by atomic mass is 16.4. The van der Waals surface area contributed by atoms with Gasteiger partial charge in [-0.2, -0.15) is 0 Å². The van der Waals surface area contributed by atoms with Crippen molar-refractivity contribution < 1.29 is 24.3 Å². The highest BCUT2D eigenvalue weighted by Crippen LogP contribution is 2.24. The lowest BCUT2D eigenvalue weighted by Gasteiger charge is -2.41. The number of hydrogen-bond acceptors (Lipinski definition) is 4. The summed E-state index contributed by atoms with van der Waals surface area (Å²) in [7, 11) is 0. The van der Waals surface area contributed by atoms with Crippen molar-refractivity contribution in [3.63, 3.8) is 0 Å². The van der Waals surface area contributed by atoms with Crippen LogP contribution in [0.4, 0.5) is 4.79 Å². The predicted octanol–water partition coefficient (Wildman–Crippen LogP) is -0.846. The molecule has 0 spiro atoms. The molecule has 2 rings (SSSR count). The van der Waals surface area contributed by atoms with Gasteiger partial charge in [-0.15, -0.1) is 0 Å². The van der Waals surface area contributed by atoms with E-state index in [9.17, 15) is 19.2 Å². The van der Waals surface area contributed by atoms with Gasteiger partial charge in [-0.25, -0.2) is 4.79 Å². The summed E-state index contributed by atoms with van der Waals surface area (Å²) in [5.41, 5.74) is 0. The monoisotopic (exact) mass is 283 g/mol. The molecule has 2 aliphatic heterocycles. The summed E-state index contributed by atoms with van der Waals surface area (Å²) in [6, 6.07) is -1.09. The Morgan fingerprint density at radius 3 is 2.60 bits per heavy atom. The number of nitrogens with zero attached hydrogens (tertiary/aromatic N) is 1. The summed E-state index contributed by atoms with van der Waals surface area (Å²) in [5, 5.41) is 13.6. The van der Waals surface area contributed by atoms with E-state index >= 15 is 0 Å².